The zero-order valence-corrected chi connectivity index (χ0v) is 16.8. The number of hydrogen-bond donors (Lipinski definition) is 0. The molecule has 3 fully saturated rings. The van der Waals surface area contributed by atoms with Crippen molar-refractivity contribution in [1.82, 2.24) is 9.80 Å². The first-order valence-corrected chi connectivity index (χ1v) is 10.4. The number of fused-ring (bicyclic) bond motifs is 2. The highest BCUT2D eigenvalue weighted by molar-refractivity contribution is 5.77. The summed E-state index contributed by atoms with van der Waals surface area (Å²) >= 11 is 0. The molecule has 0 aromatic rings. The van der Waals surface area contributed by atoms with Crippen molar-refractivity contribution >= 4 is 12.1 Å². The third kappa shape index (κ3) is 4.09. The third-order valence-corrected chi connectivity index (χ3v) is 6.60. The zero-order chi connectivity index (χ0) is 20.3. The Morgan fingerprint density at radius 1 is 1.04 bits per heavy atom. The first-order valence-electron chi connectivity index (χ1n) is 10.4. The summed E-state index contributed by atoms with van der Waals surface area (Å²) in [6, 6.07) is 0.760. The van der Waals surface area contributed by atoms with Crippen LogP contribution in [0.4, 0.5) is 4.79 Å². The number of nitro groups is 1. The quantitative estimate of drug-likeness (QED) is 0.384. The highest BCUT2D eigenvalue weighted by Crippen LogP contribution is 2.41. The van der Waals surface area contributed by atoms with E-state index in [4.69, 9.17) is 9.47 Å². The molecule has 0 radical (unpaired) electrons. The largest absolute Gasteiger partial charge is 0.465 e. The molecule has 2 bridgehead atoms. The van der Waals surface area contributed by atoms with Crippen LogP contribution in [0.3, 0.4) is 0 Å². The molecule has 158 valence electrons. The van der Waals surface area contributed by atoms with Crippen LogP contribution in [0.1, 0.15) is 52.4 Å². The Labute approximate surface area is 165 Å². The van der Waals surface area contributed by atoms with E-state index in [-0.39, 0.29) is 31.3 Å². The van der Waals surface area contributed by atoms with Crippen LogP contribution < -0.4 is 0 Å². The van der Waals surface area contributed by atoms with Gasteiger partial charge in [-0.2, -0.15) is 0 Å². The van der Waals surface area contributed by atoms with Crippen molar-refractivity contribution in [2.45, 2.75) is 70.5 Å². The van der Waals surface area contributed by atoms with Gasteiger partial charge in [-0.15, -0.1) is 0 Å². The lowest BCUT2D eigenvalue weighted by atomic mass is 9.77. The van der Waals surface area contributed by atoms with Gasteiger partial charge in [-0.3, -0.25) is 14.9 Å². The lowest BCUT2D eigenvalue weighted by Gasteiger charge is -2.46. The molecule has 9 nitrogen and oxygen atoms in total. The van der Waals surface area contributed by atoms with Gasteiger partial charge in [-0.1, -0.05) is 0 Å². The predicted octanol–water partition coefficient (Wildman–Crippen LogP) is 2.06. The van der Waals surface area contributed by atoms with E-state index in [0.717, 1.165) is 25.7 Å². The average Bonchev–Trinajstić information content (AvgIpc) is 2.92. The van der Waals surface area contributed by atoms with Gasteiger partial charge >= 0.3 is 12.1 Å². The Kier molecular flexibility index (Phi) is 6.42. The van der Waals surface area contributed by atoms with Gasteiger partial charge in [0.15, 0.2) is 0 Å². The molecule has 0 aromatic carbocycles. The van der Waals surface area contributed by atoms with Gasteiger partial charge in [-0.05, 0) is 65.5 Å². The minimum absolute atomic E-state index is 0.207. The van der Waals surface area contributed by atoms with Gasteiger partial charge in [0, 0.05) is 23.0 Å². The normalized spacial score (nSPS) is 29.4. The number of esters is 1. The monoisotopic (exact) mass is 397 g/mol. The second-order valence-corrected chi connectivity index (χ2v) is 8.14. The second-order valence-electron chi connectivity index (χ2n) is 8.14. The van der Waals surface area contributed by atoms with E-state index in [1.54, 1.807) is 6.92 Å². The highest BCUT2D eigenvalue weighted by atomic mass is 16.6. The van der Waals surface area contributed by atoms with Crippen molar-refractivity contribution in [3.63, 3.8) is 0 Å². The molecule has 3 atom stereocenters. The predicted molar refractivity (Wildman–Crippen MR) is 100 cm³/mol. The fourth-order valence-corrected chi connectivity index (χ4v) is 5.22. The van der Waals surface area contributed by atoms with E-state index in [0.29, 0.717) is 38.6 Å². The fourth-order valence-electron chi connectivity index (χ4n) is 5.22. The summed E-state index contributed by atoms with van der Waals surface area (Å²) in [6.45, 7) is 5.09. The van der Waals surface area contributed by atoms with Crippen LogP contribution in [0.5, 0.6) is 0 Å². The molecule has 28 heavy (non-hydrogen) atoms. The number of rotatable bonds is 6. The number of piperidine rings is 2. The summed E-state index contributed by atoms with van der Waals surface area (Å²) in [4.78, 5) is 39.7. The Morgan fingerprint density at radius 2 is 1.61 bits per heavy atom. The van der Waals surface area contributed by atoms with Crippen molar-refractivity contribution in [2.24, 2.45) is 5.41 Å². The van der Waals surface area contributed by atoms with Gasteiger partial charge in [-0.25, -0.2) is 4.79 Å². The molecule has 0 aromatic heterocycles. The molecule has 9 heteroatoms. The van der Waals surface area contributed by atoms with Gasteiger partial charge in [0.25, 0.3) is 0 Å². The summed E-state index contributed by atoms with van der Waals surface area (Å²) in [5.41, 5.74) is -1.01. The summed E-state index contributed by atoms with van der Waals surface area (Å²) in [5, 5.41) is 11.1. The van der Waals surface area contributed by atoms with Gasteiger partial charge in [0.2, 0.25) is 6.54 Å². The smallest absolute Gasteiger partial charge is 0.410 e. The number of carbonyl (C=O) groups excluding carboxylic acids is 2. The number of hydrogen-bond acceptors (Lipinski definition) is 7. The maximum atomic E-state index is 12.4. The summed E-state index contributed by atoms with van der Waals surface area (Å²) in [6.07, 6.45) is 4.48. The zero-order valence-electron chi connectivity index (χ0n) is 16.8. The molecule has 1 amide bonds. The second kappa shape index (κ2) is 8.63. The van der Waals surface area contributed by atoms with Gasteiger partial charge < -0.3 is 19.3 Å². The number of amides is 1. The minimum Gasteiger partial charge on any atom is -0.465 e. The summed E-state index contributed by atoms with van der Waals surface area (Å²) in [7, 11) is 0. The van der Waals surface area contributed by atoms with Gasteiger partial charge in [0.05, 0.1) is 13.2 Å². The Hall–Kier alpha value is -1.90. The maximum absolute atomic E-state index is 12.4. The van der Waals surface area contributed by atoms with Crippen LogP contribution in [0.2, 0.25) is 0 Å². The number of nitrogens with zero attached hydrogens (tertiary/aromatic N) is 3. The molecule has 3 rings (SSSR count). The Bertz CT molecular complexity index is 590. The van der Waals surface area contributed by atoms with E-state index in [1.807, 2.05) is 11.8 Å². The van der Waals surface area contributed by atoms with Crippen LogP contribution in [0.15, 0.2) is 0 Å². The topological polar surface area (TPSA) is 102 Å². The summed E-state index contributed by atoms with van der Waals surface area (Å²) < 4.78 is 10.4. The molecule has 0 saturated carbocycles. The molecule has 3 aliphatic rings. The Balaban J connectivity index is 1.61. The van der Waals surface area contributed by atoms with Gasteiger partial charge in [0.1, 0.15) is 5.41 Å². The molecule has 0 N–H and O–H groups in total. The van der Waals surface area contributed by atoms with E-state index in [2.05, 4.69) is 4.90 Å². The maximum Gasteiger partial charge on any atom is 0.410 e. The molecule has 3 saturated heterocycles. The molecule has 0 spiro atoms. The molecule has 3 heterocycles. The standard InChI is InChI=1S/C19H31N3O6/c1-3-27-17(23)19(13-21(25)26)7-9-20(10-8-19)16-11-14-5-6-15(12-16)22(14)18(24)28-4-2/h14-16H,3-13H2,1-2H3/t14-,15+,16+. The lowest BCUT2D eigenvalue weighted by Crippen LogP contribution is -2.56. The van der Waals surface area contributed by atoms with Crippen LogP contribution in [-0.2, 0) is 14.3 Å². The molecule has 3 aliphatic heterocycles. The first kappa shape index (κ1) is 20.8. The van der Waals surface area contributed by atoms with Crippen LogP contribution in [-0.4, -0.2) is 77.8 Å². The molecule has 0 unspecified atom stereocenters. The van der Waals surface area contributed by atoms with E-state index in [9.17, 15) is 19.7 Å². The summed E-state index contributed by atoms with van der Waals surface area (Å²) in [5.74, 6) is -0.441. The molecular weight excluding hydrogens is 366 g/mol. The minimum atomic E-state index is -1.01. The van der Waals surface area contributed by atoms with E-state index >= 15 is 0 Å². The molecular formula is C19H31N3O6. The van der Waals surface area contributed by atoms with Crippen LogP contribution in [0, 0.1) is 15.5 Å². The van der Waals surface area contributed by atoms with Crippen LogP contribution >= 0.6 is 0 Å². The third-order valence-electron chi connectivity index (χ3n) is 6.60. The number of ether oxygens (including phenoxy) is 2. The number of likely N-dealkylation sites (tertiary alicyclic amines) is 1. The fraction of sp³-hybridized carbons (Fsp3) is 0.895. The highest BCUT2D eigenvalue weighted by Gasteiger charge is 2.50. The van der Waals surface area contributed by atoms with E-state index < -0.39 is 16.3 Å². The number of carbonyl (C=O) groups is 2. The van der Waals surface area contributed by atoms with Crippen molar-refractivity contribution in [1.29, 1.82) is 0 Å². The lowest BCUT2D eigenvalue weighted by molar-refractivity contribution is -0.496. The molecule has 0 aliphatic carbocycles. The Morgan fingerprint density at radius 3 is 2.11 bits per heavy atom. The average molecular weight is 397 g/mol. The van der Waals surface area contributed by atoms with Crippen molar-refractivity contribution in [2.75, 3.05) is 32.8 Å². The van der Waals surface area contributed by atoms with Crippen LogP contribution in [0.25, 0.3) is 0 Å². The van der Waals surface area contributed by atoms with Crippen molar-refractivity contribution in [3.05, 3.63) is 10.1 Å². The SMILES string of the molecule is CCOC(=O)N1[C@@H]2CC[C@H]1C[C@@H](N1CCC(C[N+](=O)[O-])(C(=O)OCC)CC1)C2. The van der Waals surface area contributed by atoms with E-state index in [1.165, 1.54) is 0 Å². The van der Waals surface area contributed by atoms with Crippen molar-refractivity contribution in [3.8, 4) is 0 Å². The first-order chi connectivity index (χ1) is 13.4. The van der Waals surface area contributed by atoms with Crippen molar-refractivity contribution < 1.29 is 24.0 Å².